The van der Waals surface area contributed by atoms with Crippen LogP contribution in [0.5, 0.6) is 5.75 Å². The van der Waals surface area contributed by atoms with E-state index in [1.54, 1.807) is 0 Å². The van der Waals surface area contributed by atoms with Crippen LogP contribution in [-0.2, 0) is 16.0 Å². The monoisotopic (exact) mass is 382 g/mol. The molecular formula is C23H30N2O3. The molecule has 1 fully saturated rings. The molecule has 3 rings (SSSR count). The quantitative estimate of drug-likeness (QED) is 0.762. The van der Waals surface area contributed by atoms with Gasteiger partial charge in [0.05, 0.1) is 32.3 Å². The fourth-order valence-electron chi connectivity index (χ4n) is 3.55. The van der Waals surface area contributed by atoms with E-state index in [-0.39, 0.29) is 11.9 Å². The zero-order chi connectivity index (χ0) is 19.8. The number of aryl methyl sites for hydroxylation is 1. The van der Waals surface area contributed by atoms with E-state index in [9.17, 15) is 4.79 Å². The van der Waals surface area contributed by atoms with Gasteiger partial charge in [0.1, 0.15) is 5.75 Å². The molecule has 0 radical (unpaired) electrons. The van der Waals surface area contributed by atoms with Crippen molar-refractivity contribution in [1.29, 1.82) is 0 Å². The van der Waals surface area contributed by atoms with Crippen molar-refractivity contribution in [2.24, 2.45) is 0 Å². The second-order valence-electron chi connectivity index (χ2n) is 7.14. The molecule has 28 heavy (non-hydrogen) atoms. The summed E-state index contributed by atoms with van der Waals surface area (Å²) in [6.07, 6.45) is 0.371. The number of carbonyl (C=O) groups excluding carboxylic acids is 1. The second kappa shape index (κ2) is 10.2. The first-order valence-corrected chi connectivity index (χ1v) is 10.0. The minimum Gasteiger partial charge on any atom is -0.494 e. The van der Waals surface area contributed by atoms with Crippen LogP contribution in [0, 0.1) is 6.92 Å². The van der Waals surface area contributed by atoms with Gasteiger partial charge in [-0.05, 0) is 37.1 Å². The highest BCUT2D eigenvalue weighted by Gasteiger charge is 2.23. The summed E-state index contributed by atoms with van der Waals surface area (Å²) in [5.74, 6) is 0.869. The third-order valence-corrected chi connectivity index (χ3v) is 5.00. The number of morpholine rings is 1. The number of nitrogens with zero attached hydrogens (tertiary/aromatic N) is 1. The molecular weight excluding hydrogens is 352 g/mol. The summed E-state index contributed by atoms with van der Waals surface area (Å²) in [5.41, 5.74) is 3.46. The molecule has 150 valence electrons. The van der Waals surface area contributed by atoms with Crippen molar-refractivity contribution in [1.82, 2.24) is 10.2 Å². The normalized spacial score (nSPS) is 15.8. The molecule has 1 heterocycles. The van der Waals surface area contributed by atoms with E-state index < -0.39 is 0 Å². The Labute approximate surface area is 167 Å². The molecule has 2 aromatic rings. The van der Waals surface area contributed by atoms with Crippen LogP contribution in [-0.4, -0.2) is 50.3 Å². The van der Waals surface area contributed by atoms with E-state index in [0.717, 1.165) is 37.6 Å². The minimum absolute atomic E-state index is 0.0371. The topological polar surface area (TPSA) is 50.8 Å². The zero-order valence-electron chi connectivity index (χ0n) is 16.8. The van der Waals surface area contributed by atoms with Crippen molar-refractivity contribution < 1.29 is 14.3 Å². The van der Waals surface area contributed by atoms with Crippen molar-refractivity contribution in [3.05, 3.63) is 65.2 Å². The molecule has 0 spiro atoms. The van der Waals surface area contributed by atoms with Gasteiger partial charge in [0, 0.05) is 19.6 Å². The maximum absolute atomic E-state index is 12.5. The summed E-state index contributed by atoms with van der Waals surface area (Å²) in [7, 11) is 0. The van der Waals surface area contributed by atoms with Gasteiger partial charge in [-0.3, -0.25) is 9.69 Å². The summed E-state index contributed by atoms with van der Waals surface area (Å²) in [6.45, 7) is 8.54. The third-order valence-electron chi connectivity index (χ3n) is 5.00. The lowest BCUT2D eigenvalue weighted by molar-refractivity contribution is -0.120. The smallest absolute Gasteiger partial charge is 0.224 e. The molecule has 1 aliphatic heterocycles. The zero-order valence-corrected chi connectivity index (χ0v) is 16.8. The van der Waals surface area contributed by atoms with Gasteiger partial charge in [-0.2, -0.15) is 0 Å². The summed E-state index contributed by atoms with van der Waals surface area (Å²) < 4.78 is 11.0. The van der Waals surface area contributed by atoms with Crippen LogP contribution < -0.4 is 10.1 Å². The summed E-state index contributed by atoms with van der Waals surface area (Å²) in [5, 5.41) is 3.13. The van der Waals surface area contributed by atoms with Gasteiger partial charge in [0.2, 0.25) is 5.91 Å². The van der Waals surface area contributed by atoms with Crippen molar-refractivity contribution in [2.45, 2.75) is 26.3 Å². The predicted octanol–water partition coefficient (Wildman–Crippen LogP) is 3.13. The molecule has 1 atom stereocenters. The molecule has 1 N–H and O–H groups in total. The van der Waals surface area contributed by atoms with Crippen molar-refractivity contribution in [2.75, 3.05) is 39.5 Å². The first kappa shape index (κ1) is 20.4. The lowest BCUT2D eigenvalue weighted by Crippen LogP contribution is -2.44. The number of rotatable bonds is 8. The molecule has 5 nitrogen and oxygen atoms in total. The van der Waals surface area contributed by atoms with Gasteiger partial charge < -0.3 is 14.8 Å². The average molecular weight is 383 g/mol. The van der Waals surface area contributed by atoms with Crippen LogP contribution in [0.15, 0.2) is 48.5 Å². The number of amides is 1. The van der Waals surface area contributed by atoms with E-state index >= 15 is 0 Å². The Hall–Kier alpha value is -2.37. The minimum atomic E-state index is 0.0371. The van der Waals surface area contributed by atoms with Crippen LogP contribution in [0.25, 0.3) is 0 Å². The lowest BCUT2D eigenvalue weighted by atomic mass is 10.0. The van der Waals surface area contributed by atoms with E-state index in [2.05, 4.69) is 41.4 Å². The Morgan fingerprint density at radius 3 is 2.61 bits per heavy atom. The first-order chi connectivity index (χ1) is 13.7. The number of hydrogen-bond acceptors (Lipinski definition) is 4. The standard InChI is InChI=1S/C23H30N2O3/c1-3-28-21-9-7-19(8-10-21)16-23(26)24-17-22(25-11-13-27-14-12-25)20-6-4-5-18(2)15-20/h4-10,15,22H,3,11-14,16-17H2,1-2H3,(H,24,26). The number of nitrogens with one attached hydrogen (secondary N) is 1. The SMILES string of the molecule is CCOc1ccc(CC(=O)NCC(c2cccc(C)c2)N2CCOCC2)cc1. The van der Waals surface area contributed by atoms with Gasteiger partial charge in [-0.25, -0.2) is 0 Å². The highest BCUT2D eigenvalue weighted by Crippen LogP contribution is 2.22. The Kier molecular flexibility index (Phi) is 7.46. The fourth-order valence-corrected chi connectivity index (χ4v) is 3.55. The number of carbonyl (C=O) groups is 1. The fraction of sp³-hybridized carbons (Fsp3) is 0.435. The van der Waals surface area contributed by atoms with Crippen LogP contribution in [0.2, 0.25) is 0 Å². The molecule has 1 saturated heterocycles. The van der Waals surface area contributed by atoms with E-state index in [1.807, 2.05) is 31.2 Å². The van der Waals surface area contributed by atoms with E-state index in [1.165, 1.54) is 11.1 Å². The first-order valence-electron chi connectivity index (χ1n) is 10.0. The second-order valence-corrected chi connectivity index (χ2v) is 7.14. The van der Waals surface area contributed by atoms with Crippen molar-refractivity contribution >= 4 is 5.91 Å². The Morgan fingerprint density at radius 2 is 1.93 bits per heavy atom. The number of benzene rings is 2. The highest BCUT2D eigenvalue weighted by molar-refractivity contribution is 5.78. The molecule has 2 aromatic carbocycles. The Balaban J connectivity index is 1.61. The number of hydrogen-bond donors (Lipinski definition) is 1. The number of ether oxygens (including phenoxy) is 2. The molecule has 1 aliphatic rings. The van der Waals surface area contributed by atoms with Crippen molar-refractivity contribution in [3.8, 4) is 5.75 Å². The van der Waals surface area contributed by atoms with Crippen LogP contribution in [0.3, 0.4) is 0 Å². The van der Waals surface area contributed by atoms with Gasteiger partial charge in [0.25, 0.3) is 0 Å². The third kappa shape index (κ3) is 5.81. The predicted molar refractivity (Wildman–Crippen MR) is 111 cm³/mol. The molecule has 1 unspecified atom stereocenters. The van der Waals surface area contributed by atoms with Gasteiger partial charge in [-0.15, -0.1) is 0 Å². The Bertz CT molecular complexity index is 755. The van der Waals surface area contributed by atoms with Crippen LogP contribution >= 0.6 is 0 Å². The Morgan fingerprint density at radius 1 is 1.18 bits per heavy atom. The maximum atomic E-state index is 12.5. The lowest BCUT2D eigenvalue weighted by Gasteiger charge is -2.35. The van der Waals surface area contributed by atoms with E-state index in [0.29, 0.717) is 19.6 Å². The van der Waals surface area contributed by atoms with Gasteiger partial charge in [-0.1, -0.05) is 42.0 Å². The largest absolute Gasteiger partial charge is 0.494 e. The summed E-state index contributed by atoms with van der Waals surface area (Å²) in [4.78, 5) is 14.9. The molecule has 0 aliphatic carbocycles. The molecule has 0 bridgehead atoms. The summed E-state index contributed by atoms with van der Waals surface area (Å²) in [6, 6.07) is 16.4. The van der Waals surface area contributed by atoms with Gasteiger partial charge in [0.15, 0.2) is 0 Å². The van der Waals surface area contributed by atoms with Gasteiger partial charge >= 0.3 is 0 Å². The maximum Gasteiger partial charge on any atom is 0.224 e. The molecule has 5 heteroatoms. The van der Waals surface area contributed by atoms with Crippen LogP contribution in [0.4, 0.5) is 0 Å². The molecule has 1 amide bonds. The van der Waals surface area contributed by atoms with Crippen molar-refractivity contribution in [3.63, 3.8) is 0 Å². The highest BCUT2D eigenvalue weighted by atomic mass is 16.5. The van der Waals surface area contributed by atoms with E-state index in [4.69, 9.17) is 9.47 Å². The summed E-state index contributed by atoms with van der Waals surface area (Å²) >= 11 is 0. The van der Waals surface area contributed by atoms with Crippen LogP contribution in [0.1, 0.15) is 29.7 Å². The molecule has 0 saturated carbocycles. The molecule has 0 aromatic heterocycles. The average Bonchev–Trinajstić information content (AvgIpc) is 2.71.